The van der Waals surface area contributed by atoms with Gasteiger partial charge in [-0.3, -0.25) is 4.79 Å². The monoisotopic (exact) mass is 499 g/mol. The van der Waals surface area contributed by atoms with Gasteiger partial charge in [-0.15, -0.1) is 13.2 Å². The van der Waals surface area contributed by atoms with Crippen LogP contribution in [0.4, 0.5) is 0 Å². The number of benzene rings is 2. The van der Waals surface area contributed by atoms with Crippen LogP contribution < -0.4 is 4.80 Å². The lowest BCUT2D eigenvalue weighted by Crippen LogP contribution is -2.31. The molecule has 0 saturated heterocycles. The maximum atomic E-state index is 12.8. The predicted octanol–water partition coefficient (Wildman–Crippen LogP) is 3.52. The molecule has 0 aliphatic heterocycles. The summed E-state index contributed by atoms with van der Waals surface area (Å²) in [5, 5.41) is 0. The normalized spacial score (nSPS) is 12.1. The van der Waals surface area contributed by atoms with Crippen molar-refractivity contribution in [3.8, 4) is 0 Å². The van der Waals surface area contributed by atoms with E-state index in [1.54, 1.807) is 36.7 Å². The van der Waals surface area contributed by atoms with E-state index >= 15 is 0 Å². The smallest absolute Gasteiger partial charge is 0.338 e. The number of aryl methyl sites for hydroxylation is 1. The molecule has 1 heterocycles. The average Bonchev–Trinajstić information content (AvgIpc) is 3.13. The van der Waals surface area contributed by atoms with E-state index in [1.165, 1.54) is 52.1 Å². The van der Waals surface area contributed by atoms with Gasteiger partial charge in [-0.25, -0.2) is 13.2 Å². The largest absolute Gasteiger partial charge is 0.462 e. The Morgan fingerprint density at radius 2 is 1.71 bits per heavy atom. The van der Waals surface area contributed by atoms with Crippen molar-refractivity contribution in [2.45, 2.75) is 11.8 Å². The molecule has 3 rings (SSSR count). The quantitative estimate of drug-likeness (QED) is 0.331. The Bertz CT molecular complexity index is 1410. The molecule has 0 bridgehead atoms. The first-order chi connectivity index (χ1) is 16.2. The lowest BCUT2D eigenvalue weighted by Gasteiger charge is -2.19. The Kier molecular flexibility index (Phi) is 7.98. The second kappa shape index (κ2) is 10.7. The number of carbonyl (C=O) groups is 2. The molecule has 2 aromatic carbocycles. The Labute approximate surface area is 202 Å². The number of hydrogen-bond donors (Lipinski definition) is 0. The molecule has 10 heteroatoms. The van der Waals surface area contributed by atoms with Crippen LogP contribution in [0.3, 0.4) is 0 Å². The topological polar surface area (TPSA) is 98.0 Å². The molecule has 3 aromatic rings. The van der Waals surface area contributed by atoms with Gasteiger partial charge in [0.2, 0.25) is 10.0 Å². The third-order valence-corrected chi connectivity index (χ3v) is 7.86. The van der Waals surface area contributed by atoms with Crippen LogP contribution in [-0.2, 0) is 21.8 Å². The van der Waals surface area contributed by atoms with E-state index in [1.807, 2.05) is 0 Å². The Hall–Kier alpha value is -3.34. The summed E-state index contributed by atoms with van der Waals surface area (Å²) in [5.74, 6) is -0.921. The molecular formula is C24H25N3O5S2. The lowest BCUT2D eigenvalue weighted by molar-refractivity contribution is 0.0526. The van der Waals surface area contributed by atoms with E-state index in [4.69, 9.17) is 4.74 Å². The number of carbonyl (C=O) groups excluding carboxylic acids is 2. The third kappa shape index (κ3) is 5.24. The zero-order valence-electron chi connectivity index (χ0n) is 18.9. The van der Waals surface area contributed by atoms with Crippen molar-refractivity contribution in [1.82, 2.24) is 8.87 Å². The minimum atomic E-state index is -3.76. The van der Waals surface area contributed by atoms with Crippen molar-refractivity contribution in [2.24, 2.45) is 12.0 Å². The Morgan fingerprint density at radius 1 is 1.09 bits per heavy atom. The van der Waals surface area contributed by atoms with Crippen molar-refractivity contribution < 1.29 is 22.7 Å². The number of amides is 1. The molecule has 0 N–H and O–H groups in total. The molecule has 8 nitrogen and oxygen atoms in total. The standard InChI is InChI=1S/C24H25N3O5S2/c1-5-14-27(15-6-2)34(30,31)19-11-8-17(9-12-19)22(28)25-24-26(4)20-13-10-18(16-21(20)33-24)23(29)32-7-3/h5-6,8-13,16H,1-2,7,14-15H2,3-4H3. The van der Waals surface area contributed by atoms with Gasteiger partial charge in [-0.1, -0.05) is 23.5 Å². The molecule has 178 valence electrons. The van der Waals surface area contributed by atoms with Gasteiger partial charge in [-0.2, -0.15) is 9.30 Å². The van der Waals surface area contributed by atoms with Crippen molar-refractivity contribution in [2.75, 3.05) is 19.7 Å². The maximum absolute atomic E-state index is 12.8. The Morgan fingerprint density at radius 3 is 2.29 bits per heavy atom. The van der Waals surface area contributed by atoms with Crippen LogP contribution in [0.2, 0.25) is 0 Å². The molecule has 0 aliphatic carbocycles. The minimum Gasteiger partial charge on any atom is -0.462 e. The number of ether oxygens (including phenoxy) is 1. The molecule has 0 radical (unpaired) electrons. The number of thiazole rings is 1. The van der Waals surface area contributed by atoms with Crippen molar-refractivity contribution in [3.05, 3.63) is 83.7 Å². The number of hydrogen-bond acceptors (Lipinski definition) is 6. The van der Waals surface area contributed by atoms with E-state index in [9.17, 15) is 18.0 Å². The molecule has 0 aliphatic rings. The molecule has 1 amide bonds. The number of rotatable bonds is 9. The first-order valence-electron chi connectivity index (χ1n) is 10.4. The minimum absolute atomic E-state index is 0.0617. The van der Waals surface area contributed by atoms with Gasteiger partial charge in [0.05, 0.1) is 27.3 Å². The highest BCUT2D eigenvalue weighted by molar-refractivity contribution is 7.89. The van der Waals surface area contributed by atoms with Gasteiger partial charge in [0, 0.05) is 25.7 Å². The lowest BCUT2D eigenvalue weighted by atomic mass is 10.2. The molecule has 0 spiro atoms. The second-order valence-corrected chi connectivity index (χ2v) is 10.1. The van der Waals surface area contributed by atoms with E-state index < -0.39 is 21.9 Å². The van der Waals surface area contributed by atoms with Crippen LogP contribution in [0.5, 0.6) is 0 Å². The Balaban J connectivity index is 1.91. The van der Waals surface area contributed by atoms with Gasteiger partial charge >= 0.3 is 5.97 Å². The summed E-state index contributed by atoms with van der Waals surface area (Å²) in [6, 6.07) is 10.8. The summed E-state index contributed by atoms with van der Waals surface area (Å²) in [7, 11) is -1.98. The molecule has 0 saturated carbocycles. The van der Waals surface area contributed by atoms with Crippen LogP contribution in [0.25, 0.3) is 10.2 Å². The summed E-state index contributed by atoms with van der Waals surface area (Å²) in [6.07, 6.45) is 3.00. The number of esters is 1. The summed E-state index contributed by atoms with van der Waals surface area (Å²) < 4.78 is 34.5. The zero-order valence-corrected chi connectivity index (χ0v) is 20.6. The molecular weight excluding hydrogens is 474 g/mol. The van der Waals surface area contributed by atoms with Crippen LogP contribution in [0.1, 0.15) is 27.6 Å². The van der Waals surface area contributed by atoms with E-state index in [0.29, 0.717) is 10.4 Å². The number of fused-ring (bicyclic) bond motifs is 1. The summed E-state index contributed by atoms with van der Waals surface area (Å²) in [6.45, 7) is 9.49. The van der Waals surface area contributed by atoms with Gasteiger partial charge in [0.25, 0.3) is 5.91 Å². The summed E-state index contributed by atoms with van der Waals surface area (Å²) in [4.78, 5) is 29.5. The predicted molar refractivity (Wildman–Crippen MR) is 132 cm³/mol. The van der Waals surface area contributed by atoms with Gasteiger partial charge < -0.3 is 9.30 Å². The SMILES string of the molecule is C=CCN(CC=C)S(=O)(=O)c1ccc(C(=O)N=c2sc3cc(C(=O)OCC)ccc3n2C)cc1. The highest BCUT2D eigenvalue weighted by atomic mass is 32.2. The van der Waals surface area contributed by atoms with Crippen LogP contribution in [-0.4, -0.2) is 48.9 Å². The zero-order chi connectivity index (χ0) is 24.9. The van der Waals surface area contributed by atoms with E-state index in [-0.39, 0.29) is 30.2 Å². The number of nitrogens with zero attached hydrogens (tertiary/aromatic N) is 3. The average molecular weight is 500 g/mol. The number of aromatic nitrogens is 1. The first kappa shape index (κ1) is 25.3. The highest BCUT2D eigenvalue weighted by Crippen LogP contribution is 2.20. The highest BCUT2D eigenvalue weighted by Gasteiger charge is 2.22. The van der Waals surface area contributed by atoms with Gasteiger partial charge in [-0.05, 0) is 49.4 Å². The van der Waals surface area contributed by atoms with E-state index in [2.05, 4.69) is 18.2 Å². The van der Waals surface area contributed by atoms with Gasteiger partial charge in [0.15, 0.2) is 4.80 Å². The molecule has 1 aromatic heterocycles. The molecule has 0 fully saturated rings. The fourth-order valence-corrected chi connectivity index (χ4v) is 5.65. The van der Waals surface area contributed by atoms with Crippen molar-refractivity contribution in [3.63, 3.8) is 0 Å². The van der Waals surface area contributed by atoms with Crippen molar-refractivity contribution >= 4 is 43.5 Å². The van der Waals surface area contributed by atoms with E-state index in [0.717, 1.165) is 10.2 Å². The second-order valence-electron chi connectivity index (χ2n) is 7.19. The molecule has 0 unspecified atom stereocenters. The fraction of sp³-hybridized carbons (Fsp3) is 0.208. The summed E-state index contributed by atoms with van der Waals surface area (Å²) >= 11 is 1.27. The van der Waals surface area contributed by atoms with Crippen LogP contribution in [0, 0.1) is 0 Å². The summed E-state index contributed by atoms with van der Waals surface area (Å²) in [5.41, 5.74) is 1.49. The molecule has 34 heavy (non-hydrogen) atoms. The van der Waals surface area contributed by atoms with Gasteiger partial charge in [0.1, 0.15) is 0 Å². The van der Waals surface area contributed by atoms with Crippen LogP contribution in [0.15, 0.2) is 77.7 Å². The number of sulfonamides is 1. The maximum Gasteiger partial charge on any atom is 0.338 e. The fourth-order valence-electron chi connectivity index (χ4n) is 3.21. The molecule has 0 atom stereocenters. The first-order valence-corrected chi connectivity index (χ1v) is 12.7. The third-order valence-electron chi connectivity index (χ3n) is 4.92. The van der Waals surface area contributed by atoms with Crippen molar-refractivity contribution in [1.29, 1.82) is 0 Å². The van der Waals surface area contributed by atoms with Crippen LogP contribution >= 0.6 is 11.3 Å².